The minimum atomic E-state index is -0.969. The summed E-state index contributed by atoms with van der Waals surface area (Å²) in [5.74, 6) is -2.08. The number of carbonyl (C=O) groups is 2. The molecule has 1 heterocycles. The van der Waals surface area contributed by atoms with Crippen LogP contribution in [0, 0.1) is 5.82 Å². The molecule has 0 aliphatic carbocycles. The Kier molecular flexibility index (Phi) is 5.68. The third-order valence-corrected chi connectivity index (χ3v) is 6.22. The first-order valence-corrected chi connectivity index (χ1v) is 11.1. The maximum atomic E-state index is 13.2. The molecular weight excluding hydrogens is 429 g/mol. The van der Waals surface area contributed by atoms with Crippen molar-refractivity contribution in [3.63, 3.8) is 0 Å². The molecule has 0 fully saturated rings. The zero-order chi connectivity index (χ0) is 23.7. The van der Waals surface area contributed by atoms with Gasteiger partial charge in [0.2, 0.25) is 0 Å². The van der Waals surface area contributed by atoms with Crippen molar-refractivity contribution < 1.29 is 19.1 Å². The van der Waals surface area contributed by atoms with Gasteiger partial charge in [0.25, 0.3) is 0 Å². The van der Waals surface area contributed by atoms with E-state index in [9.17, 15) is 19.1 Å². The number of Topliss-reactive ketones (excluding diaryl/α,β-unsaturated/α-hetero) is 1. The molecular formula is C29H22FNO3. The molecule has 1 aromatic heterocycles. The van der Waals surface area contributed by atoms with Gasteiger partial charge in [-0.2, -0.15) is 0 Å². The topological polar surface area (TPSA) is 59.3 Å². The van der Waals surface area contributed by atoms with E-state index in [0.29, 0.717) is 5.56 Å². The number of fused-ring (bicyclic) bond motifs is 3. The van der Waals surface area contributed by atoms with Gasteiger partial charge >= 0.3 is 5.97 Å². The first-order valence-electron chi connectivity index (χ1n) is 11.1. The molecule has 168 valence electrons. The van der Waals surface area contributed by atoms with Crippen LogP contribution in [0.4, 0.5) is 4.39 Å². The van der Waals surface area contributed by atoms with Gasteiger partial charge in [0, 0.05) is 34.4 Å². The van der Waals surface area contributed by atoms with Crippen molar-refractivity contribution in [1.82, 2.24) is 4.57 Å². The summed E-state index contributed by atoms with van der Waals surface area (Å²) in [6, 6.07) is 29.5. The number of hydrogen-bond donors (Lipinski definition) is 1. The number of carboxylic acid groups (broad SMARTS) is 1. The van der Waals surface area contributed by atoms with Crippen LogP contribution >= 0.6 is 0 Å². The largest absolute Gasteiger partial charge is 0.481 e. The van der Waals surface area contributed by atoms with Crippen molar-refractivity contribution in [3.05, 3.63) is 114 Å². The Morgan fingerprint density at radius 1 is 0.735 bits per heavy atom. The Hall–Kier alpha value is -4.25. The highest BCUT2D eigenvalue weighted by atomic mass is 19.1. The lowest BCUT2D eigenvalue weighted by molar-refractivity contribution is -0.137. The molecule has 34 heavy (non-hydrogen) atoms. The van der Waals surface area contributed by atoms with Gasteiger partial charge in [0.1, 0.15) is 5.82 Å². The average molecular weight is 451 g/mol. The van der Waals surface area contributed by atoms with Crippen molar-refractivity contribution in [2.45, 2.75) is 18.8 Å². The summed E-state index contributed by atoms with van der Waals surface area (Å²) in [6.45, 7) is 0. The van der Waals surface area contributed by atoms with Crippen molar-refractivity contribution in [2.75, 3.05) is 0 Å². The van der Waals surface area contributed by atoms with Crippen LogP contribution < -0.4 is 0 Å². The van der Waals surface area contributed by atoms with Gasteiger partial charge < -0.3 is 9.67 Å². The number of rotatable bonds is 7. The number of para-hydroxylation sites is 2. The quantitative estimate of drug-likeness (QED) is 0.278. The zero-order valence-corrected chi connectivity index (χ0v) is 18.3. The van der Waals surface area contributed by atoms with E-state index < -0.39 is 17.7 Å². The van der Waals surface area contributed by atoms with Crippen LogP contribution in [0.1, 0.15) is 34.7 Å². The lowest BCUT2D eigenvalue weighted by Gasteiger charge is -2.16. The number of aliphatic carboxylic acids is 1. The SMILES string of the molecule is O=C(O)CC(CC(=O)c1ccc(F)cc1)c1ccc(-n2c3ccccc3c3ccccc32)cc1. The number of ketones is 1. The average Bonchev–Trinajstić information content (AvgIpc) is 3.18. The molecule has 0 saturated heterocycles. The zero-order valence-electron chi connectivity index (χ0n) is 18.3. The number of carbonyl (C=O) groups excluding carboxylic acids is 1. The number of aromatic nitrogens is 1. The van der Waals surface area contributed by atoms with Gasteiger partial charge in [0.15, 0.2) is 5.78 Å². The van der Waals surface area contributed by atoms with Gasteiger partial charge in [-0.05, 0) is 54.1 Å². The fourth-order valence-corrected chi connectivity index (χ4v) is 4.59. The van der Waals surface area contributed by atoms with Gasteiger partial charge in [-0.15, -0.1) is 0 Å². The van der Waals surface area contributed by atoms with Gasteiger partial charge in [-0.25, -0.2) is 4.39 Å². The first-order chi connectivity index (χ1) is 16.5. The van der Waals surface area contributed by atoms with Crippen molar-refractivity contribution in [2.24, 2.45) is 0 Å². The van der Waals surface area contributed by atoms with E-state index in [1.54, 1.807) is 0 Å². The molecule has 0 saturated carbocycles. The molecule has 1 N–H and O–H groups in total. The molecule has 0 spiro atoms. The number of hydrogen-bond acceptors (Lipinski definition) is 2. The van der Waals surface area contributed by atoms with Crippen LogP contribution in [0.3, 0.4) is 0 Å². The van der Waals surface area contributed by atoms with Crippen molar-refractivity contribution >= 4 is 33.6 Å². The Bertz CT molecular complexity index is 1450. The second-order valence-corrected chi connectivity index (χ2v) is 8.39. The number of benzene rings is 4. The van der Waals surface area contributed by atoms with Crippen molar-refractivity contribution in [3.8, 4) is 5.69 Å². The molecule has 5 aromatic rings. The molecule has 5 heteroatoms. The summed E-state index contributed by atoms with van der Waals surface area (Å²) < 4.78 is 15.4. The first kappa shape index (κ1) is 21.6. The van der Waals surface area contributed by atoms with Gasteiger partial charge in [-0.3, -0.25) is 9.59 Å². The minimum Gasteiger partial charge on any atom is -0.481 e. The highest BCUT2D eigenvalue weighted by Crippen LogP contribution is 2.33. The summed E-state index contributed by atoms with van der Waals surface area (Å²) in [4.78, 5) is 24.3. The highest BCUT2D eigenvalue weighted by molar-refractivity contribution is 6.09. The van der Waals surface area contributed by atoms with Crippen molar-refractivity contribution in [1.29, 1.82) is 0 Å². The van der Waals surface area contributed by atoms with Crippen LogP contribution in [0.5, 0.6) is 0 Å². The normalized spacial score (nSPS) is 12.1. The predicted octanol–water partition coefficient (Wildman–Crippen LogP) is 6.75. The summed E-state index contributed by atoms with van der Waals surface area (Å²) in [5.41, 5.74) is 4.29. The van der Waals surface area contributed by atoms with Crippen LogP contribution in [0.2, 0.25) is 0 Å². The van der Waals surface area contributed by atoms with Crippen LogP contribution in [0.15, 0.2) is 97.1 Å². The van der Waals surface area contributed by atoms with E-state index in [-0.39, 0.29) is 18.6 Å². The fraction of sp³-hybridized carbons (Fsp3) is 0.103. The van der Waals surface area contributed by atoms with Gasteiger partial charge in [0.05, 0.1) is 17.5 Å². The number of halogens is 1. The Labute approximate surface area is 195 Å². The summed E-state index contributed by atoms with van der Waals surface area (Å²) in [7, 11) is 0. The molecule has 0 aliphatic rings. The Morgan fingerprint density at radius 3 is 1.85 bits per heavy atom. The fourth-order valence-electron chi connectivity index (χ4n) is 4.59. The second kappa shape index (κ2) is 8.94. The molecule has 4 aromatic carbocycles. The monoisotopic (exact) mass is 451 g/mol. The third kappa shape index (κ3) is 4.08. The van der Waals surface area contributed by atoms with E-state index in [1.807, 2.05) is 48.5 Å². The summed E-state index contributed by atoms with van der Waals surface area (Å²) in [6.07, 6.45) is -0.131. The third-order valence-electron chi connectivity index (χ3n) is 6.22. The van der Waals surface area contributed by atoms with E-state index >= 15 is 0 Å². The Morgan fingerprint density at radius 2 is 1.29 bits per heavy atom. The molecule has 0 radical (unpaired) electrons. The van der Waals surface area contributed by atoms with E-state index in [0.717, 1.165) is 33.1 Å². The Balaban J connectivity index is 1.50. The standard InChI is InChI=1S/C29H22FNO3/c30-22-13-9-20(10-14-22)28(32)17-21(18-29(33)34)19-11-15-23(16-12-19)31-26-7-3-1-5-24(26)25-6-2-4-8-27(25)31/h1-16,21H,17-18H2,(H,33,34). The van der Waals surface area contributed by atoms with Gasteiger partial charge in [-0.1, -0.05) is 48.5 Å². The van der Waals surface area contributed by atoms with Crippen LogP contribution in [0.25, 0.3) is 27.5 Å². The van der Waals surface area contributed by atoms with E-state index in [2.05, 4.69) is 28.8 Å². The molecule has 1 atom stereocenters. The molecule has 0 bridgehead atoms. The second-order valence-electron chi connectivity index (χ2n) is 8.39. The number of carboxylic acids is 1. The maximum absolute atomic E-state index is 13.2. The molecule has 4 nitrogen and oxygen atoms in total. The van der Waals surface area contributed by atoms with E-state index in [1.165, 1.54) is 24.3 Å². The summed E-state index contributed by atoms with van der Waals surface area (Å²) in [5, 5.41) is 11.8. The smallest absolute Gasteiger partial charge is 0.303 e. The number of nitrogens with zero attached hydrogens (tertiary/aromatic N) is 1. The van der Waals surface area contributed by atoms with Crippen LogP contribution in [-0.4, -0.2) is 21.4 Å². The molecule has 0 aliphatic heterocycles. The predicted molar refractivity (Wildman–Crippen MR) is 131 cm³/mol. The molecule has 0 amide bonds. The lowest BCUT2D eigenvalue weighted by atomic mass is 9.89. The lowest BCUT2D eigenvalue weighted by Crippen LogP contribution is -2.12. The van der Waals surface area contributed by atoms with E-state index in [4.69, 9.17) is 0 Å². The maximum Gasteiger partial charge on any atom is 0.303 e. The minimum absolute atomic E-state index is 0.0344. The van der Waals surface area contributed by atoms with Crippen LogP contribution in [-0.2, 0) is 4.79 Å². The molecule has 1 unspecified atom stereocenters. The molecule has 5 rings (SSSR count). The summed E-state index contributed by atoms with van der Waals surface area (Å²) >= 11 is 0. The highest BCUT2D eigenvalue weighted by Gasteiger charge is 2.21.